The van der Waals surface area contributed by atoms with Crippen molar-refractivity contribution in [3.05, 3.63) is 35.4 Å². The number of hydrogen-bond donors (Lipinski definition) is 2. The van der Waals surface area contributed by atoms with Crippen LogP contribution in [0, 0.1) is 0 Å². The lowest BCUT2D eigenvalue weighted by Crippen LogP contribution is -2.48. The first-order valence-corrected chi connectivity index (χ1v) is 6.38. The second-order valence-electron chi connectivity index (χ2n) is 5.23. The molecule has 1 aliphatic heterocycles. The molecule has 1 aromatic carbocycles. The van der Waals surface area contributed by atoms with E-state index >= 15 is 0 Å². The van der Waals surface area contributed by atoms with Crippen molar-refractivity contribution in [1.29, 1.82) is 0 Å². The van der Waals surface area contributed by atoms with E-state index in [0.717, 1.165) is 19.3 Å². The predicted molar refractivity (Wildman–Crippen MR) is 65.6 cm³/mol. The number of benzene rings is 1. The van der Waals surface area contributed by atoms with E-state index in [9.17, 15) is 5.11 Å². The molecule has 3 rings (SSSR count). The molecule has 1 atom stereocenters. The fourth-order valence-corrected chi connectivity index (χ4v) is 2.63. The van der Waals surface area contributed by atoms with Gasteiger partial charge in [0.2, 0.25) is 0 Å². The summed E-state index contributed by atoms with van der Waals surface area (Å²) in [6.45, 7) is 2.08. The summed E-state index contributed by atoms with van der Waals surface area (Å²) in [6, 6.07) is 8.60. The molecule has 1 aliphatic carbocycles. The van der Waals surface area contributed by atoms with Crippen LogP contribution in [-0.2, 0) is 11.3 Å². The standard InChI is InChI=1S/C14H19NO2/c16-14(6-3-7-14)10-15-13-9-17-8-11-4-1-2-5-12(11)13/h1-2,4-5,13,15-16H,3,6-10H2. The van der Waals surface area contributed by atoms with Gasteiger partial charge in [-0.3, -0.25) is 0 Å². The number of hydrogen-bond acceptors (Lipinski definition) is 3. The van der Waals surface area contributed by atoms with Crippen LogP contribution >= 0.6 is 0 Å². The monoisotopic (exact) mass is 233 g/mol. The Bertz CT molecular complexity index is 401. The highest BCUT2D eigenvalue weighted by Gasteiger charge is 2.35. The molecular weight excluding hydrogens is 214 g/mol. The molecule has 1 aromatic rings. The Labute approximate surface area is 102 Å². The summed E-state index contributed by atoms with van der Waals surface area (Å²) >= 11 is 0. The van der Waals surface area contributed by atoms with Crippen molar-refractivity contribution in [2.45, 2.75) is 37.5 Å². The van der Waals surface area contributed by atoms with Gasteiger partial charge in [0, 0.05) is 6.54 Å². The van der Waals surface area contributed by atoms with Gasteiger partial charge >= 0.3 is 0 Å². The first-order valence-electron chi connectivity index (χ1n) is 6.38. The zero-order chi connectivity index (χ0) is 11.7. The predicted octanol–water partition coefficient (Wildman–Crippen LogP) is 1.76. The Morgan fingerprint density at radius 3 is 2.94 bits per heavy atom. The highest BCUT2D eigenvalue weighted by Crippen LogP contribution is 2.32. The molecule has 1 unspecified atom stereocenters. The second-order valence-corrected chi connectivity index (χ2v) is 5.23. The van der Waals surface area contributed by atoms with Crippen LogP contribution in [0.2, 0.25) is 0 Å². The van der Waals surface area contributed by atoms with E-state index in [4.69, 9.17) is 4.74 Å². The van der Waals surface area contributed by atoms with Crippen LogP contribution in [0.3, 0.4) is 0 Å². The number of aliphatic hydroxyl groups is 1. The Balaban J connectivity index is 1.68. The van der Waals surface area contributed by atoms with Crippen LogP contribution in [-0.4, -0.2) is 23.9 Å². The quantitative estimate of drug-likeness (QED) is 0.836. The third-order valence-corrected chi connectivity index (χ3v) is 3.93. The molecular formula is C14H19NO2. The van der Waals surface area contributed by atoms with Gasteiger partial charge < -0.3 is 15.2 Å². The maximum atomic E-state index is 10.1. The lowest BCUT2D eigenvalue weighted by Gasteiger charge is -2.38. The summed E-state index contributed by atoms with van der Waals surface area (Å²) in [6.07, 6.45) is 3.00. The van der Waals surface area contributed by atoms with Crippen molar-refractivity contribution in [1.82, 2.24) is 5.32 Å². The highest BCUT2D eigenvalue weighted by atomic mass is 16.5. The van der Waals surface area contributed by atoms with Gasteiger partial charge in [0.05, 0.1) is 24.9 Å². The van der Waals surface area contributed by atoms with E-state index in [1.165, 1.54) is 11.1 Å². The molecule has 0 saturated heterocycles. The van der Waals surface area contributed by atoms with E-state index in [-0.39, 0.29) is 6.04 Å². The van der Waals surface area contributed by atoms with Crippen LogP contribution in [0.4, 0.5) is 0 Å². The Morgan fingerprint density at radius 2 is 2.18 bits per heavy atom. The minimum absolute atomic E-state index is 0.226. The van der Waals surface area contributed by atoms with Crippen molar-refractivity contribution in [2.24, 2.45) is 0 Å². The molecule has 0 aromatic heterocycles. The van der Waals surface area contributed by atoms with Gasteiger partial charge in [-0.15, -0.1) is 0 Å². The van der Waals surface area contributed by atoms with Gasteiger partial charge in [-0.25, -0.2) is 0 Å². The number of rotatable bonds is 3. The molecule has 0 radical (unpaired) electrons. The largest absolute Gasteiger partial charge is 0.389 e. The normalized spacial score (nSPS) is 26.1. The molecule has 2 N–H and O–H groups in total. The average molecular weight is 233 g/mol. The molecule has 1 heterocycles. The SMILES string of the molecule is OC1(CNC2COCc3ccccc32)CCC1. The highest BCUT2D eigenvalue weighted by molar-refractivity contribution is 5.31. The van der Waals surface area contributed by atoms with E-state index in [0.29, 0.717) is 19.8 Å². The Morgan fingerprint density at radius 1 is 1.35 bits per heavy atom. The zero-order valence-corrected chi connectivity index (χ0v) is 9.98. The fourth-order valence-electron chi connectivity index (χ4n) is 2.63. The summed E-state index contributed by atoms with van der Waals surface area (Å²) < 4.78 is 5.58. The van der Waals surface area contributed by atoms with Gasteiger partial charge in [0.1, 0.15) is 0 Å². The Kier molecular flexibility index (Phi) is 2.90. The van der Waals surface area contributed by atoms with Gasteiger partial charge in [0.25, 0.3) is 0 Å². The van der Waals surface area contributed by atoms with Crippen LogP contribution in [0.25, 0.3) is 0 Å². The van der Waals surface area contributed by atoms with Crippen molar-refractivity contribution in [3.63, 3.8) is 0 Å². The minimum Gasteiger partial charge on any atom is -0.389 e. The summed E-state index contributed by atoms with van der Waals surface area (Å²) in [5.74, 6) is 0. The number of nitrogens with one attached hydrogen (secondary N) is 1. The van der Waals surface area contributed by atoms with Gasteiger partial charge in [-0.1, -0.05) is 24.3 Å². The summed E-state index contributed by atoms with van der Waals surface area (Å²) in [5, 5.41) is 13.5. The molecule has 1 fully saturated rings. The van der Waals surface area contributed by atoms with Gasteiger partial charge in [-0.2, -0.15) is 0 Å². The summed E-state index contributed by atoms with van der Waals surface area (Å²) in [4.78, 5) is 0. The number of fused-ring (bicyclic) bond motifs is 1. The molecule has 2 aliphatic rings. The summed E-state index contributed by atoms with van der Waals surface area (Å²) in [5.41, 5.74) is 2.12. The molecule has 3 nitrogen and oxygen atoms in total. The van der Waals surface area contributed by atoms with E-state index < -0.39 is 5.60 Å². The average Bonchev–Trinajstić information content (AvgIpc) is 2.34. The lowest BCUT2D eigenvalue weighted by atomic mass is 9.80. The third-order valence-electron chi connectivity index (χ3n) is 3.93. The molecule has 92 valence electrons. The van der Waals surface area contributed by atoms with Gasteiger partial charge in [-0.05, 0) is 30.4 Å². The fraction of sp³-hybridized carbons (Fsp3) is 0.571. The molecule has 0 amide bonds. The van der Waals surface area contributed by atoms with Crippen LogP contribution < -0.4 is 5.32 Å². The Hall–Kier alpha value is -0.900. The maximum absolute atomic E-state index is 10.1. The summed E-state index contributed by atoms with van der Waals surface area (Å²) in [7, 11) is 0. The van der Waals surface area contributed by atoms with E-state index in [1.807, 2.05) is 6.07 Å². The molecule has 17 heavy (non-hydrogen) atoms. The van der Waals surface area contributed by atoms with E-state index in [2.05, 4.69) is 23.5 Å². The van der Waals surface area contributed by atoms with E-state index in [1.54, 1.807) is 0 Å². The van der Waals surface area contributed by atoms with Crippen molar-refractivity contribution >= 4 is 0 Å². The third kappa shape index (κ3) is 2.23. The number of ether oxygens (including phenoxy) is 1. The zero-order valence-electron chi connectivity index (χ0n) is 9.98. The maximum Gasteiger partial charge on any atom is 0.0771 e. The topological polar surface area (TPSA) is 41.5 Å². The van der Waals surface area contributed by atoms with Crippen LogP contribution in [0.1, 0.15) is 36.4 Å². The molecule has 1 saturated carbocycles. The lowest BCUT2D eigenvalue weighted by molar-refractivity contribution is -0.0368. The minimum atomic E-state index is -0.466. The van der Waals surface area contributed by atoms with Crippen molar-refractivity contribution in [3.8, 4) is 0 Å². The van der Waals surface area contributed by atoms with Crippen molar-refractivity contribution < 1.29 is 9.84 Å². The smallest absolute Gasteiger partial charge is 0.0771 e. The molecule has 0 spiro atoms. The first kappa shape index (κ1) is 11.2. The van der Waals surface area contributed by atoms with Crippen LogP contribution in [0.15, 0.2) is 24.3 Å². The van der Waals surface area contributed by atoms with Crippen molar-refractivity contribution in [2.75, 3.05) is 13.2 Å². The molecule has 3 heteroatoms. The molecule has 0 bridgehead atoms. The first-order chi connectivity index (χ1) is 8.27. The second kappa shape index (κ2) is 4.41. The van der Waals surface area contributed by atoms with Crippen LogP contribution in [0.5, 0.6) is 0 Å². The van der Waals surface area contributed by atoms with Gasteiger partial charge in [0.15, 0.2) is 0 Å².